The molecule has 4 heteroatoms. The summed E-state index contributed by atoms with van der Waals surface area (Å²) in [5.74, 6) is -1.22. The summed E-state index contributed by atoms with van der Waals surface area (Å²) in [6.07, 6.45) is 0. The van der Waals surface area contributed by atoms with E-state index in [9.17, 15) is 15.3 Å². The van der Waals surface area contributed by atoms with E-state index >= 15 is 0 Å². The summed E-state index contributed by atoms with van der Waals surface area (Å²) in [6, 6.07) is 12.6. The van der Waals surface area contributed by atoms with Gasteiger partial charge in [0, 0.05) is 11.3 Å². The van der Waals surface area contributed by atoms with E-state index in [1.54, 1.807) is 6.92 Å². The molecule has 0 saturated carbocycles. The molecule has 0 bridgehead atoms. The highest BCUT2D eigenvalue weighted by molar-refractivity contribution is 6.02. The van der Waals surface area contributed by atoms with Crippen molar-refractivity contribution in [1.29, 1.82) is 0 Å². The summed E-state index contributed by atoms with van der Waals surface area (Å²) in [4.78, 5) is 4.36. The Kier molecular flexibility index (Phi) is 3.71. The van der Waals surface area contributed by atoms with Gasteiger partial charge >= 0.3 is 0 Å². The Labute approximate surface area is 111 Å². The molecule has 4 nitrogen and oxygen atoms in total. The molecule has 0 spiro atoms. The summed E-state index contributed by atoms with van der Waals surface area (Å²) < 4.78 is 0. The molecule has 0 saturated heterocycles. The molecular formula is C15H15NO3. The fraction of sp³-hybridized carbons (Fsp3) is 0.133. The maximum absolute atomic E-state index is 9.76. The summed E-state index contributed by atoms with van der Waals surface area (Å²) in [7, 11) is 0. The maximum atomic E-state index is 9.76. The second kappa shape index (κ2) is 5.44. The standard InChI is InChI=1S/C15H15NO3/c1-10(16-9-11-5-3-2-4-6-11)12-7-8-13(17)15(19)14(12)18/h2-8,17-19H,9H2,1H3. The Bertz CT molecular complexity index is 606. The molecule has 0 fully saturated rings. The Balaban J connectivity index is 2.25. The van der Waals surface area contributed by atoms with Crippen LogP contribution in [0.2, 0.25) is 0 Å². The van der Waals surface area contributed by atoms with E-state index < -0.39 is 5.75 Å². The fourth-order valence-corrected chi connectivity index (χ4v) is 1.74. The third-order valence-corrected chi connectivity index (χ3v) is 2.86. The zero-order chi connectivity index (χ0) is 13.8. The van der Waals surface area contributed by atoms with Crippen molar-refractivity contribution in [3.63, 3.8) is 0 Å². The zero-order valence-electron chi connectivity index (χ0n) is 10.5. The van der Waals surface area contributed by atoms with Crippen LogP contribution in [-0.4, -0.2) is 21.0 Å². The van der Waals surface area contributed by atoms with Crippen LogP contribution < -0.4 is 0 Å². The molecule has 3 N–H and O–H groups in total. The van der Waals surface area contributed by atoms with Crippen LogP contribution in [0.15, 0.2) is 47.5 Å². The van der Waals surface area contributed by atoms with E-state index in [1.165, 1.54) is 12.1 Å². The summed E-state index contributed by atoms with van der Waals surface area (Å²) >= 11 is 0. The van der Waals surface area contributed by atoms with Crippen molar-refractivity contribution in [2.24, 2.45) is 4.99 Å². The average molecular weight is 257 g/mol. The van der Waals surface area contributed by atoms with Gasteiger partial charge in [-0.1, -0.05) is 30.3 Å². The smallest absolute Gasteiger partial charge is 0.200 e. The van der Waals surface area contributed by atoms with Gasteiger partial charge in [0.25, 0.3) is 0 Å². The molecule has 0 atom stereocenters. The molecular weight excluding hydrogens is 242 g/mol. The van der Waals surface area contributed by atoms with Crippen LogP contribution >= 0.6 is 0 Å². The largest absolute Gasteiger partial charge is 0.504 e. The van der Waals surface area contributed by atoms with E-state index in [2.05, 4.69) is 4.99 Å². The summed E-state index contributed by atoms with van der Waals surface area (Å²) in [5, 5.41) is 28.5. The SMILES string of the molecule is CC(=NCc1ccccc1)c1ccc(O)c(O)c1O. The molecule has 0 amide bonds. The molecule has 2 rings (SSSR count). The highest BCUT2D eigenvalue weighted by Crippen LogP contribution is 2.37. The van der Waals surface area contributed by atoms with Gasteiger partial charge in [0.05, 0.1) is 6.54 Å². The highest BCUT2D eigenvalue weighted by Gasteiger charge is 2.12. The topological polar surface area (TPSA) is 73.1 Å². The highest BCUT2D eigenvalue weighted by atomic mass is 16.3. The van der Waals surface area contributed by atoms with Gasteiger partial charge in [-0.3, -0.25) is 4.99 Å². The van der Waals surface area contributed by atoms with Crippen molar-refractivity contribution >= 4 is 5.71 Å². The van der Waals surface area contributed by atoms with E-state index in [0.29, 0.717) is 17.8 Å². The fourth-order valence-electron chi connectivity index (χ4n) is 1.74. The molecule has 2 aromatic rings. The lowest BCUT2D eigenvalue weighted by atomic mass is 10.1. The van der Waals surface area contributed by atoms with Crippen molar-refractivity contribution < 1.29 is 15.3 Å². The first-order chi connectivity index (χ1) is 9.09. The van der Waals surface area contributed by atoms with Crippen molar-refractivity contribution in [2.75, 3.05) is 0 Å². The predicted octanol–water partition coefficient (Wildman–Crippen LogP) is 2.81. The second-order valence-corrected chi connectivity index (χ2v) is 4.22. The van der Waals surface area contributed by atoms with Crippen LogP contribution in [0, 0.1) is 0 Å². The lowest BCUT2D eigenvalue weighted by Crippen LogP contribution is -1.96. The first-order valence-electron chi connectivity index (χ1n) is 5.89. The number of hydrogen-bond acceptors (Lipinski definition) is 4. The van der Waals surface area contributed by atoms with Gasteiger partial charge in [0.15, 0.2) is 11.5 Å². The van der Waals surface area contributed by atoms with Gasteiger partial charge in [-0.05, 0) is 24.6 Å². The molecule has 98 valence electrons. The lowest BCUT2D eigenvalue weighted by Gasteiger charge is -2.07. The molecule has 0 aliphatic rings. The van der Waals surface area contributed by atoms with Crippen molar-refractivity contribution in [3.05, 3.63) is 53.6 Å². The minimum absolute atomic E-state index is 0.350. The van der Waals surface area contributed by atoms with Crippen LogP contribution in [0.5, 0.6) is 17.2 Å². The molecule has 0 aliphatic heterocycles. The van der Waals surface area contributed by atoms with Crippen LogP contribution in [0.25, 0.3) is 0 Å². The molecule has 19 heavy (non-hydrogen) atoms. The number of benzene rings is 2. The monoisotopic (exact) mass is 257 g/mol. The van der Waals surface area contributed by atoms with Gasteiger partial charge < -0.3 is 15.3 Å². The van der Waals surface area contributed by atoms with E-state index in [-0.39, 0.29) is 11.5 Å². The van der Waals surface area contributed by atoms with Gasteiger partial charge in [-0.25, -0.2) is 0 Å². The number of rotatable bonds is 3. The number of hydrogen-bond donors (Lipinski definition) is 3. The average Bonchev–Trinajstić information content (AvgIpc) is 2.43. The first kappa shape index (κ1) is 13.0. The zero-order valence-corrected chi connectivity index (χ0v) is 10.5. The molecule has 0 heterocycles. The Morgan fingerprint density at radius 2 is 1.63 bits per heavy atom. The number of phenolic OH excluding ortho intramolecular Hbond substituents is 3. The van der Waals surface area contributed by atoms with Crippen LogP contribution in [0.3, 0.4) is 0 Å². The number of phenols is 3. The van der Waals surface area contributed by atoms with Gasteiger partial charge in [0.1, 0.15) is 0 Å². The van der Waals surface area contributed by atoms with Crippen molar-refractivity contribution in [1.82, 2.24) is 0 Å². The van der Waals surface area contributed by atoms with E-state index in [4.69, 9.17) is 0 Å². The third-order valence-electron chi connectivity index (χ3n) is 2.86. The number of aromatic hydroxyl groups is 3. The van der Waals surface area contributed by atoms with Crippen LogP contribution in [0.1, 0.15) is 18.1 Å². The first-order valence-corrected chi connectivity index (χ1v) is 5.89. The van der Waals surface area contributed by atoms with E-state index in [0.717, 1.165) is 5.56 Å². The summed E-state index contributed by atoms with van der Waals surface area (Å²) in [5.41, 5.74) is 2.06. The Morgan fingerprint density at radius 3 is 2.32 bits per heavy atom. The molecule has 0 aromatic heterocycles. The Morgan fingerprint density at radius 1 is 0.947 bits per heavy atom. The number of nitrogens with zero attached hydrogens (tertiary/aromatic N) is 1. The van der Waals surface area contributed by atoms with E-state index in [1.807, 2.05) is 30.3 Å². The van der Waals surface area contributed by atoms with Crippen LogP contribution in [0.4, 0.5) is 0 Å². The molecule has 0 unspecified atom stereocenters. The van der Waals surface area contributed by atoms with Crippen molar-refractivity contribution in [3.8, 4) is 17.2 Å². The minimum Gasteiger partial charge on any atom is -0.504 e. The maximum Gasteiger partial charge on any atom is 0.200 e. The number of aliphatic imine (C=N–C) groups is 1. The molecule has 0 radical (unpaired) electrons. The predicted molar refractivity (Wildman–Crippen MR) is 73.8 cm³/mol. The van der Waals surface area contributed by atoms with Gasteiger partial charge in [-0.2, -0.15) is 0 Å². The molecule has 0 aliphatic carbocycles. The quantitative estimate of drug-likeness (QED) is 0.584. The third kappa shape index (κ3) is 2.85. The van der Waals surface area contributed by atoms with Crippen LogP contribution in [-0.2, 0) is 6.54 Å². The molecule has 2 aromatic carbocycles. The van der Waals surface area contributed by atoms with Gasteiger partial charge in [0.2, 0.25) is 5.75 Å². The van der Waals surface area contributed by atoms with Gasteiger partial charge in [-0.15, -0.1) is 0 Å². The minimum atomic E-state index is -0.522. The van der Waals surface area contributed by atoms with Crippen molar-refractivity contribution in [2.45, 2.75) is 13.5 Å². The lowest BCUT2D eigenvalue weighted by molar-refractivity contribution is 0.367. The normalized spacial score (nSPS) is 11.5. The Hall–Kier alpha value is -2.49. The summed E-state index contributed by atoms with van der Waals surface area (Å²) in [6.45, 7) is 2.24. The second-order valence-electron chi connectivity index (χ2n) is 4.22.